The van der Waals surface area contributed by atoms with Gasteiger partial charge in [0.25, 0.3) is 0 Å². The standard InChI is InChI=1S/C15H15NO2S2/c17-15(16-7-9-18-10-8-16)6-4-12-3-5-14(20-12)13-2-1-11-19-13/h1-6,11H,7-10H2/b6-4+. The first-order chi connectivity index (χ1) is 9.83. The van der Waals surface area contributed by atoms with Gasteiger partial charge < -0.3 is 9.64 Å². The molecule has 0 radical (unpaired) electrons. The zero-order chi connectivity index (χ0) is 13.8. The van der Waals surface area contributed by atoms with Crippen molar-refractivity contribution in [3.05, 3.63) is 40.6 Å². The van der Waals surface area contributed by atoms with Crippen LogP contribution in [0.3, 0.4) is 0 Å². The molecular weight excluding hydrogens is 290 g/mol. The summed E-state index contributed by atoms with van der Waals surface area (Å²) in [6.07, 6.45) is 3.56. The number of hydrogen-bond donors (Lipinski definition) is 0. The molecule has 1 aliphatic rings. The lowest BCUT2D eigenvalue weighted by Crippen LogP contribution is -2.39. The first kappa shape index (κ1) is 13.5. The van der Waals surface area contributed by atoms with E-state index in [1.165, 1.54) is 9.75 Å². The van der Waals surface area contributed by atoms with E-state index in [1.54, 1.807) is 28.7 Å². The number of hydrogen-bond acceptors (Lipinski definition) is 4. The van der Waals surface area contributed by atoms with Gasteiger partial charge in [-0.2, -0.15) is 0 Å². The maximum atomic E-state index is 12.0. The number of carbonyl (C=O) groups excluding carboxylic acids is 1. The van der Waals surface area contributed by atoms with Gasteiger partial charge in [-0.3, -0.25) is 4.79 Å². The summed E-state index contributed by atoms with van der Waals surface area (Å²) in [5.41, 5.74) is 0. The van der Waals surface area contributed by atoms with Crippen molar-refractivity contribution in [1.82, 2.24) is 4.90 Å². The van der Waals surface area contributed by atoms with Crippen molar-refractivity contribution in [3.63, 3.8) is 0 Å². The summed E-state index contributed by atoms with van der Waals surface area (Å²) >= 11 is 3.44. The summed E-state index contributed by atoms with van der Waals surface area (Å²) in [4.78, 5) is 17.5. The molecule has 3 heterocycles. The highest BCUT2D eigenvalue weighted by Gasteiger charge is 2.14. The molecule has 20 heavy (non-hydrogen) atoms. The Kier molecular flexibility index (Phi) is 4.30. The lowest BCUT2D eigenvalue weighted by molar-refractivity contribution is -0.129. The third kappa shape index (κ3) is 3.17. The first-order valence-corrected chi connectivity index (χ1v) is 8.21. The SMILES string of the molecule is O=C(/C=C/c1ccc(-c2cccs2)s1)N1CCOCC1. The monoisotopic (exact) mass is 305 g/mol. The fourth-order valence-electron chi connectivity index (χ4n) is 2.04. The molecular formula is C15H15NO2S2. The van der Waals surface area contributed by atoms with Crippen LogP contribution in [0.15, 0.2) is 35.7 Å². The smallest absolute Gasteiger partial charge is 0.246 e. The topological polar surface area (TPSA) is 29.5 Å². The van der Waals surface area contributed by atoms with Gasteiger partial charge in [0.05, 0.1) is 13.2 Å². The van der Waals surface area contributed by atoms with Gasteiger partial charge in [0, 0.05) is 33.8 Å². The van der Waals surface area contributed by atoms with Crippen molar-refractivity contribution < 1.29 is 9.53 Å². The van der Waals surface area contributed by atoms with Crippen LogP contribution < -0.4 is 0 Å². The van der Waals surface area contributed by atoms with Crippen molar-refractivity contribution >= 4 is 34.7 Å². The summed E-state index contributed by atoms with van der Waals surface area (Å²) < 4.78 is 5.24. The van der Waals surface area contributed by atoms with E-state index in [2.05, 4.69) is 29.6 Å². The molecule has 0 aliphatic carbocycles. The molecule has 3 rings (SSSR count). The predicted molar refractivity (Wildman–Crippen MR) is 84.1 cm³/mol. The minimum absolute atomic E-state index is 0.0689. The summed E-state index contributed by atoms with van der Waals surface area (Å²) in [7, 11) is 0. The Morgan fingerprint density at radius 1 is 1.20 bits per heavy atom. The number of thiophene rings is 2. The second-order valence-corrected chi connectivity index (χ2v) is 6.51. The van der Waals surface area contributed by atoms with E-state index in [0.717, 1.165) is 4.88 Å². The van der Waals surface area contributed by atoms with Gasteiger partial charge in [0.15, 0.2) is 0 Å². The summed E-state index contributed by atoms with van der Waals surface area (Å²) in [5.74, 6) is 0.0689. The third-order valence-corrected chi connectivity index (χ3v) is 5.22. The Balaban J connectivity index is 1.65. The zero-order valence-corrected chi connectivity index (χ0v) is 12.6. The van der Waals surface area contributed by atoms with Gasteiger partial charge in [-0.15, -0.1) is 22.7 Å². The van der Waals surface area contributed by atoms with Gasteiger partial charge in [-0.05, 0) is 29.7 Å². The zero-order valence-electron chi connectivity index (χ0n) is 11.0. The van der Waals surface area contributed by atoms with E-state index in [4.69, 9.17) is 4.74 Å². The summed E-state index contributed by atoms with van der Waals surface area (Å²) in [5, 5.41) is 2.08. The van der Waals surface area contributed by atoms with Gasteiger partial charge in [-0.1, -0.05) is 6.07 Å². The first-order valence-electron chi connectivity index (χ1n) is 6.51. The molecule has 0 unspecified atom stereocenters. The van der Waals surface area contributed by atoms with Crippen LogP contribution in [0.25, 0.3) is 15.8 Å². The lowest BCUT2D eigenvalue weighted by atomic mass is 10.3. The van der Waals surface area contributed by atoms with Crippen molar-refractivity contribution in [3.8, 4) is 9.75 Å². The molecule has 0 atom stereocenters. The second kappa shape index (κ2) is 6.35. The molecule has 5 heteroatoms. The van der Waals surface area contributed by atoms with E-state index in [1.807, 2.05) is 11.0 Å². The van der Waals surface area contributed by atoms with Crippen LogP contribution in [-0.4, -0.2) is 37.1 Å². The van der Waals surface area contributed by atoms with E-state index in [-0.39, 0.29) is 5.91 Å². The molecule has 0 N–H and O–H groups in total. The molecule has 1 saturated heterocycles. The largest absolute Gasteiger partial charge is 0.378 e. The fourth-order valence-corrected chi connectivity index (χ4v) is 3.78. The molecule has 0 saturated carbocycles. The summed E-state index contributed by atoms with van der Waals surface area (Å²) in [6.45, 7) is 2.66. The van der Waals surface area contributed by atoms with Crippen LogP contribution in [0.4, 0.5) is 0 Å². The van der Waals surface area contributed by atoms with Crippen LogP contribution in [0.1, 0.15) is 4.88 Å². The van der Waals surface area contributed by atoms with Crippen LogP contribution in [-0.2, 0) is 9.53 Å². The molecule has 1 fully saturated rings. The van der Waals surface area contributed by atoms with Crippen LogP contribution in [0, 0.1) is 0 Å². The molecule has 1 aliphatic heterocycles. The van der Waals surface area contributed by atoms with Crippen LogP contribution in [0.2, 0.25) is 0 Å². The predicted octanol–water partition coefficient (Wildman–Crippen LogP) is 3.35. The van der Waals surface area contributed by atoms with Crippen LogP contribution in [0.5, 0.6) is 0 Å². The number of nitrogens with zero attached hydrogens (tertiary/aromatic N) is 1. The number of amides is 1. The van der Waals surface area contributed by atoms with Crippen molar-refractivity contribution in [1.29, 1.82) is 0 Å². The molecule has 1 amide bonds. The Labute approximate surface area is 126 Å². The van der Waals surface area contributed by atoms with Gasteiger partial charge in [-0.25, -0.2) is 0 Å². The molecule has 3 nitrogen and oxygen atoms in total. The van der Waals surface area contributed by atoms with E-state index in [0.29, 0.717) is 26.3 Å². The lowest BCUT2D eigenvalue weighted by Gasteiger charge is -2.25. The van der Waals surface area contributed by atoms with Crippen molar-refractivity contribution in [2.24, 2.45) is 0 Å². The molecule has 0 aromatic carbocycles. The average molecular weight is 305 g/mol. The Hall–Kier alpha value is -1.43. The van der Waals surface area contributed by atoms with Gasteiger partial charge in [0.1, 0.15) is 0 Å². The molecule has 104 valence electrons. The number of rotatable bonds is 3. The van der Waals surface area contributed by atoms with Crippen molar-refractivity contribution in [2.45, 2.75) is 0 Å². The molecule has 2 aromatic rings. The number of carbonyl (C=O) groups is 1. The second-order valence-electron chi connectivity index (χ2n) is 4.45. The molecule has 0 spiro atoms. The highest BCUT2D eigenvalue weighted by atomic mass is 32.1. The Morgan fingerprint density at radius 3 is 2.80 bits per heavy atom. The number of ether oxygens (including phenoxy) is 1. The normalized spacial score (nSPS) is 15.9. The quantitative estimate of drug-likeness (QED) is 0.814. The molecule has 2 aromatic heterocycles. The van der Waals surface area contributed by atoms with E-state index >= 15 is 0 Å². The highest BCUT2D eigenvalue weighted by molar-refractivity contribution is 7.21. The maximum Gasteiger partial charge on any atom is 0.246 e. The third-order valence-electron chi connectivity index (χ3n) is 3.10. The Morgan fingerprint density at radius 2 is 2.05 bits per heavy atom. The fraction of sp³-hybridized carbons (Fsp3) is 0.267. The van der Waals surface area contributed by atoms with Gasteiger partial charge >= 0.3 is 0 Å². The minimum atomic E-state index is 0.0689. The van der Waals surface area contributed by atoms with Gasteiger partial charge in [0.2, 0.25) is 5.91 Å². The highest BCUT2D eigenvalue weighted by Crippen LogP contribution is 2.31. The number of morpholine rings is 1. The maximum absolute atomic E-state index is 12.0. The minimum Gasteiger partial charge on any atom is -0.378 e. The average Bonchev–Trinajstić information content (AvgIpc) is 3.16. The Bertz CT molecular complexity index is 595. The van der Waals surface area contributed by atoms with E-state index < -0.39 is 0 Å². The van der Waals surface area contributed by atoms with Crippen LogP contribution >= 0.6 is 22.7 Å². The molecule has 0 bridgehead atoms. The van der Waals surface area contributed by atoms with E-state index in [9.17, 15) is 4.79 Å². The van der Waals surface area contributed by atoms with Crippen molar-refractivity contribution in [2.75, 3.05) is 26.3 Å². The summed E-state index contributed by atoms with van der Waals surface area (Å²) in [6, 6.07) is 8.33.